The maximum Gasteiger partial charge on any atom is 0.127 e. The predicted molar refractivity (Wildman–Crippen MR) is 69.4 cm³/mol. The van der Waals surface area contributed by atoms with E-state index in [0.717, 1.165) is 16.7 Å². The lowest BCUT2D eigenvalue weighted by Crippen LogP contribution is -1.91. The van der Waals surface area contributed by atoms with E-state index in [1.54, 1.807) is 12.1 Å². The molecule has 0 amide bonds. The molecule has 0 fully saturated rings. The van der Waals surface area contributed by atoms with Crippen molar-refractivity contribution in [2.24, 2.45) is 0 Å². The summed E-state index contributed by atoms with van der Waals surface area (Å²) >= 11 is 0. The van der Waals surface area contributed by atoms with Gasteiger partial charge < -0.3 is 10.2 Å². The number of phenols is 2. The zero-order valence-electron chi connectivity index (χ0n) is 10.3. The Bertz CT molecular complexity index is 571. The SMILES string of the molecule is Cc1ccc(-c2ccc(O)cc2O)c(C)c1C. The Kier molecular flexibility index (Phi) is 2.80. The third-order valence-electron chi connectivity index (χ3n) is 3.33. The predicted octanol–water partition coefficient (Wildman–Crippen LogP) is 3.69. The van der Waals surface area contributed by atoms with Gasteiger partial charge >= 0.3 is 0 Å². The summed E-state index contributed by atoms with van der Waals surface area (Å²) in [5, 5.41) is 19.2. The minimum Gasteiger partial charge on any atom is -0.508 e. The van der Waals surface area contributed by atoms with Gasteiger partial charge in [-0.05, 0) is 55.2 Å². The fourth-order valence-corrected chi connectivity index (χ4v) is 2.00. The summed E-state index contributed by atoms with van der Waals surface area (Å²) in [6.45, 7) is 6.19. The summed E-state index contributed by atoms with van der Waals surface area (Å²) < 4.78 is 0. The van der Waals surface area contributed by atoms with E-state index in [1.807, 2.05) is 19.1 Å². The Morgan fingerprint density at radius 1 is 0.765 bits per heavy atom. The molecule has 0 heterocycles. The van der Waals surface area contributed by atoms with Gasteiger partial charge in [-0.15, -0.1) is 0 Å². The second kappa shape index (κ2) is 4.13. The lowest BCUT2D eigenvalue weighted by Gasteiger charge is -2.12. The number of phenolic OH excluding ortho intramolecular Hbond substituents is 2. The van der Waals surface area contributed by atoms with Crippen LogP contribution in [0.1, 0.15) is 16.7 Å². The Morgan fingerprint density at radius 3 is 2.06 bits per heavy atom. The molecule has 88 valence electrons. The second-order valence-corrected chi connectivity index (χ2v) is 4.38. The van der Waals surface area contributed by atoms with E-state index in [4.69, 9.17) is 0 Å². The second-order valence-electron chi connectivity index (χ2n) is 4.38. The highest BCUT2D eigenvalue weighted by atomic mass is 16.3. The molecule has 17 heavy (non-hydrogen) atoms. The zero-order valence-corrected chi connectivity index (χ0v) is 10.3. The number of benzene rings is 2. The summed E-state index contributed by atoms with van der Waals surface area (Å²) in [5.74, 6) is 0.184. The summed E-state index contributed by atoms with van der Waals surface area (Å²) in [4.78, 5) is 0. The third kappa shape index (κ3) is 1.98. The van der Waals surface area contributed by atoms with Crippen molar-refractivity contribution in [1.82, 2.24) is 0 Å². The van der Waals surface area contributed by atoms with Crippen LogP contribution in [0.25, 0.3) is 11.1 Å². The number of aromatic hydroxyl groups is 2. The molecule has 0 saturated carbocycles. The van der Waals surface area contributed by atoms with E-state index in [-0.39, 0.29) is 11.5 Å². The van der Waals surface area contributed by atoms with Crippen LogP contribution in [0, 0.1) is 20.8 Å². The molecule has 0 unspecified atom stereocenters. The third-order valence-corrected chi connectivity index (χ3v) is 3.33. The van der Waals surface area contributed by atoms with Crippen LogP contribution < -0.4 is 0 Å². The van der Waals surface area contributed by atoms with Crippen molar-refractivity contribution in [3.05, 3.63) is 47.0 Å². The average molecular weight is 228 g/mol. The Hall–Kier alpha value is -1.96. The van der Waals surface area contributed by atoms with Crippen LogP contribution in [0.15, 0.2) is 30.3 Å². The fraction of sp³-hybridized carbons (Fsp3) is 0.200. The number of aryl methyl sites for hydroxylation is 1. The van der Waals surface area contributed by atoms with Gasteiger partial charge in [0.25, 0.3) is 0 Å². The van der Waals surface area contributed by atoms with Crippen LogP contribution in [0.2, 0.25) is 0 Å². The van der Waals surface area contributed by atoms with Gasteiger partial charge in [0.1, 0.15) is 11.5 Å². The molecule has 0 aliphatic carbocycles. The maximum absolute atomic E-state index is 9.87. The molecule has 2 heteroatoms. The fourth-order valence-electron chi connectivity index (χ4n) is 2.00. The standard InChI is InChI=1S/C15H16O2/c1-9-4-6-13(11(3)10(9)2)14-7-5-12(16)8-15(14)17/h4-8,16-17H,1-3H3. The summed E-state index contributed by atoms with van der Waals surface area (Å²) in [6, 6.07) is 8.74. The molecule has 2 aromatic rings. The molecule has 0 radical (unpaired) electrons. The topological polar surface area (TPSA) is 40.5 Å². The van der Waals surface area contributed by atoms with E-state index in [1.165, 1.54) is 17.2 Å². The van der Waals surface area contributed by atoms with E-state index in [0.29, 0.717) is 0 Å². The van der Waals surface area contributed by atoms with Crippen molar-refractivity contribution in [2.45, 2.75) is 20.8 Å². The van der Waals surface area contributed by atoms with Crippen molar-refractivity contribution in [3.63, 3.8) is 0 Å². The zero-order chi connectivity index (χ0) is 12.6. The van der Waals surface area contributed by atoms with E-state index >= 15 is 0 Å². The van der Waals surface area contributed by atoms with Gasteiger partial charge in [0.2, 0.25) is 0 Å². The molecule has 0 spiro atoms. The van der Waals surface area contributed by atoms with Crippen LogP contribution in [0.3, 0.4) is 0 Å². The van der Waals surface area contributed by atoms with Crippen LogP contribution in [0.4, 0.5) is 0 Å². The first-order valence-electron chi connectivity index (χ1n) is 5.60. The minimum atomic E-state index is 0.0766. The quantitative estimate of drug-likeness (QED) is 0.781. The average Bonchev–Trinajstić information content (AvgIpc) is 2.28. The lowest BCUT2D eigenvalue weighted by molar-refractivity contribution is 0.452. The number of hydrogen-bond acceptors (Lipinski definition) is 2. The summed E-state index contributed by atoms with van der Waals surface area (Å²) in [7, 11) is 0. The molecule has 0 saturated heterocycles. The summed E-state index contributed by atoms with van der Waals surface area (Å²) in [6.07, 6.45) is 0. The maximum atomic E-state index is 9.87. The van der Waals surface area contributed by atoms with Crippen molar-refractivity contribution < 1.29 is 10.2 Å². The van der Waals surface area contributed by atoms with Gasteiger partial charge in [0.15, 0.2) is 0 Å². The Labute approximate surface area is 101 Å². The lowest BCUT2D eigenvalue weighted by atomic mass is 9.93. The molecule has 2 N–H and O–H groups in total. The van der Waals surface area contributed by atoms with Crippen molar-refractivity contribution in [1.29, 1.82) is 0 Å². The van der Waals surface area contributed by atoms with Crippen LogP contribution >= 0.6 is 0 Å². The smallest absolute Gasteiger partial charge is 0.127 e. The van der Waals surface area contributed by atoms with Crippen LogP contribution in [-0.2, 0) is 0 Å². The van der Waals surface area contributed by atoms with Gasteiger partial charge in [-0.2, -0.15) is 0 Å². The van der Waals surface area contributed by atoms with Gasteiger partial charge in [-0.3, -0.25) is 0 Å². The number of rotatable bonds is 1. The van der Waals surface area contributed by atoms with E-state index in [9.17, 15) is 10.2 Å². The molecule has 2 aromatic carbocycles. The molecule has 0 atom stereocenters. The Balaban J connectivity index is 2.65. The molecule has 0 aliphatic heterocycles. The molecule has 0 bridgehead atoms. The van der Waals surface area contributed by atoms with Crippen molar-refractivity contribution in [2.75, 3.05) is 0 Å². The first kappa shape index (κ1) is 11.5. The van der Waals surface area contributed by atoms with E-state index in [2.05, 4.69) is 13.8 Å². The molecular formula is C15H16O2. The normalized spacial score (nSPS) is 10.5. The molecular weight excluding hydrogens is 212 g/mol. The van der Waals surface area contributed by atoms with Gasteiger partial charge in [0, 0.05) is 11.6 Å². The Morgan fingerprint density at radius 2 is 1.41 bits per heavy atom. The highest BCUT2D eigenvalue weighted by Crippen LogP contribution is 2.35. The highest BCUT2D eigenvalue weighted by molar-refractivity contribution is 5.75. The largest absolute Gasteiger partial charge is 0.508 e. The molecule has 0 aromatic heterocycles. The van der Waals surface area contributed by atoms with Crippen molar-refractivity contribution in [3.8, 4) is 22.6 Å². The van der Waals surface area contributed by atoms with Gasteiger partial charge in [-0.1, -0.05) is 12.1 Å². The van der Waals surface area contributed by atoms with Gasteiger partial charge in [0.05, 0.1) is 0 Å². The summed E-state index contributed by atoms with van der Waals surface area (Å²) in [5.41, 5.74) is 5.39. The van der Waals surface area contributed by atoms with E-state index < -0.39 is 0 Å². The van der Waals surface area contributed by atoms with Crippen molar-refractivity contribution >= 4 is 0 Å². The van der Waals surface area contributed by atoms with Gasteiger partial charge in [-0.25, -0.2) is 0 Å². The highest BCUT2D eigenvalue weighted by Gasteiger charge is 2.10. The molecule has 0 aliphatic rings. The number of hydrogen-bond donors (Lipinski definition) is 2. The molecule has 2 rings (SSSR count). The van der Waals surface area contributed by atoms with Crippen LogP contribution in [-0.4, -0.2) is 10.2 Å². The molecule has 2 nitrogen and oxygen atoms in total. The first-order valence-corrected chi connectivity index (χ1v) is 5.60. The monoisotopic (exact) mass is 228 g/mol. The minimum absolute atomic E-state index is 0.0766. The first-order chi connectivity index (χ1) is 8.00. The van der Waals surface area contributed by atoms with Crippen LogP contribution in [0.5, 0.6) is 11.5 Å².